The van der Waals surface area contributed by atoms with E-state index in [-0.39, 0.29) is 0 Å². The minimum absolute atomic E-state index is 1.12. The highest BCUT2D eigenvalue weighted by molar-refractivity contribution is 9.10. The second kappa shape index (κ2) is 4.54. The van der Waals surface area contributed by atoms with Gasteiger partial charge in [-0.15, -0.1) is 0 Å². The van der Waals surface area contributed by atoms with Gasteiger partial charge in [-0.25, -0.2) is 0 Å². The summed E-state index contributed by atoms with van der Waals surface area (Å²) in [6.07, 6.45) is 0. The van der Waals surface area contributed by atoms with Crippen LogP contribution in [0.3, 0.4) is 0 Å². The van der Waals surface area contributed by atoms with E-state index in [1.807, 2.05) is 0 Å². The zero-order valence-electron chi connectivity index (χ0n) is 9.33. The Balaban J connectivity index is 2.15. The van der Waals surface area contributed by atoms with Crippen LogP contribution < -0.4 is 4.90 Å². The second-order valence-electron chi connectivity index (χ2n) is 4.25. The van der Waals surface area contributed by atoms with Gasteiger partial charge in [0, 0.05) is 30.7 Å². The van der Waals surface area contributed by atoms with Crippen LogP contribution in [0.15, 0.2) is 22.7 Å². The summed E-state index contributed by atoms with van der Waals surface area (Å²) >= 11 is 3.64. The first kappa shape index (κ1) is 11.0. The third-order valence-electron chi connectivity index (χ3n) is 2.95. The van der Waals surface area contributed by atoms with Crippen molar-refractivity contribution in [3.63, 3.8) is 0 Å². The maximum atomic E-state index is 3.64. The minimum Gasteiger partial charge on any atom is -0.368 e. The summed E-state index contributed by atoms with van der Waals surface area (Å²) in [6, 6.07) is 6.58. The van der Waals surface area contributed by atoms with Crippen LogP contribution in [0.5, 0.6) is 0 Å². The Hall–Kier alpha value is -0.540. The van der Waals surface area contributed by atoms with Gasteiger partial charge < -0.3 is 9.80 Å². The summed E-state index contributed by atoms with van der Waals surface area (Å²) in [7, 11) is 2.18. The molecule has 0 bridgehead atoms. The van der Waals surface area contributed by atoms with Gasteiger partial charge in [0.15, 0.2) is 0 Å². The molecule has 0 unspecified atom stereocenters. The van der Waals surface area contributed by atoms with Crippen molar-refractivity contribution in [3.8, 4) is 0 Å². The van der Waals surface area contributed by atoms with Gasteiger partial charge in [0.25, 0.3) is 0 Å². The SMILES string of the molecule is Cc1ccc(N2CCN(C)CC2)c(Br)c1. The van der Waals surface area contributed by atoms with Gasteiger partial charge in [-0.1, -0.05) is 6.07 Å². The predicted molar refractivity (Wildman–Crippen MR) is 68.6 cm³/mol. The molecule has 1 aliphatic rings. The van der Waals surface area contributed by atoms with Crippen LogP contribution >= 0.6 is 15.9 Å². The molecule has 15 heavy (non-hydrogen) atoms. The van der Waals surface area contributed by atoms with Crippen LogP contribution in [0.4, 0.5) is 5.69 Å². The lowest BCUT2D eigenvalue weighted by Crippen LogP contribution is -2.44. The van der Waals surface area contributed by atoms with E-state index in [9.17, 15) is 0 Å². The van der Waals surface area contributed by atoms with Gasteiger partial charge in [-0.3, -0.25) is 0 Å². The number of anilines is 1. The Kier molecular flexibility index (Phi) is 3.32. The van der Waals surface area contributed by atoms with Gasteiger partial charge in [-0.2, -0.15) is 0 Å². The van der Waals surface area contributed by atoms with Crippen LogP contribution in [0, 0.1) is 6.92 Å². The average molecular weight is 269 g/mol. The molecule has 0 amide bonds. The number of nitrogens with zero attached hydrogens (tertiary/aromatic N) is 2. The highest BCUT2D eigenvalue weighted by Crippen LogP contribution is 2.27. The summed E-state index contributed by atoms with van der Waals surface area (Å²) in [6.45, 7) is 6.68. The summed E-state index contributed by atoms with van der Waals surface area (Å²) < 4.78 is 1.21. The fraction of sp³-hybridized carbons (Fsp3) is 0.500. The molecule has 0 aliphatic carbocycles. The smallest absolute Gasteiger partial charge is 0.0511 e. The van der Waals surface area contributed by atoms with Crippen LogP contribution in [0.2, 0.25) is 0 Å². The molecule has 0 aromatic heterocycles. The lowest BCUT2D eigenvalue weighted by molar-refractivity contribution is 0.312. The Morgan fingerprint density at radius 1 is 1.13 bits per heavy atom. The molecule has 0 saturated carbocycles. The van der Waals surface area contributed by atoms with Crippen molar-refractivity contribution in [2.24, 2.45) is 0 Å². The first-order valence-corrected chi connectivity index (χ1v) is 6.16. The van der Waals surface area contributed by atoms with E-state index in [4.69, 9.17) is 0 Å². The second-order valence-corrected chi connectivity index (χ2v) is 5.10. The predicted octanol–water partition coefficient (Wildman–Crippen LogP) is 2.51. The maximum Gasteiger partial charge on any atom is 0.0511 e. The molecule has 82 valence electrons. The number of aryl methyl sites for hydroxylation is 1. The quantitative estimate of drug-likeness (QED) is 0.773. The molecule has 2 nitrogen and oxygen atoms in total. The molecule has 0 radical (unpaired) electrons. The lowest BCUT2D eigenvalue weighted by atomic mass is 10.2. The molecule has 1 aromatic rings. The van der Waals surface area contributed by atoms with E-state index < -0.39 is 0 Å². The van der Waals surface area contributed by atoms with Crippen molar-refractivity contribution in [1.29, 1.82) is 0 Å². The molecule has 1 heterocycles. The molecule has 1 fully saturated rings. The van der Waals surface area contributed by atoms with Gasteiger partial charge in [0.05, 0.1) is 5.69 Å². The van der Waals surface area contributed by atoms with Gasteiger partial charge in [-0.05, 0) is 47.6 Å². The summed E-state index contributed by atoms with van der Waals surface area (Å²) in [5, 5.41) is 0. The van der Waals surface area contributed by atoms with E-state index >= 15 is 0 Å². The zero-order valence-corrected chi connectivity index (χ0v) is 10.9. The highest BCUT2D eigenvalue weighted by Gasteiger charge is 2.15. The third-order valence-corrected chi connectivity index (χ3v) is 3.58. The number of benzene rings is 1. The standard InChI is InChI=1S/C12H17BrN2/c1-10-3-4-12(11(13)9-10)15-7-5-14(2)6-8-15/h3-4,9H,5-8H2,1-2H3. The van der Waals surface area contributed by atoms with Gasteiger partial charge >= 0.3 is 0 Å². The number of hydrogen-bond acceptors (Lipinski definition) is 2. The molecule has 1 aliphatic heterocycles. The van der Waals surface area contributed by atoms with Crippen molar-refractivity contribution in [2.45, 2.75) is 6.92 Å². The number of piperazine rings is 1. The lowest BCUT2D eigenvalue weighted by Gasteiger charge is -2.34. The number of hydrogen-bond donors (Lipinski definition) is 0. The maximum absolute atomic E-state index is 3.64. The Labute approximate surface area is 100 Å². The molecular weight excluding hydrogens is 252 g/mol. The molecule has 0 spiro atoms. The fourth-order valence-corrected chi connectivity index (χ4v) is 2.66. The van der Waals surface area contributed by atoms with Crippen molar-refractivity contribution in [1.82, 2.24) is 4.90 Å². The number of halogens is 1. The number of rotatable bonds is 1. The third kappa shape index (κ3) is 2.52. The number of likely N-dealkylation sites (N-methyl/N-ethyl adjacent to an activating group) is 1. The Bertz CT molecular complexity index is 343. The van der Waals surface area contributed by atoms with Crippen LogP contribution in [0.1, 0.15) is 5.56 Å². The normalized spacial score (nSPS) is 18.2. The zero-order chi connectivity index (χ0) is 10.8. The summed E-state index contributed by atoms with van der Waals surface area (Å²) in [5.74, 6) is 0. The monoisotopic (exact) mass is 268 g/mol. The van der Waals surface area contributed by atoms with Gasteiger partial charge in [0.2, 0.25) is 0 Å². The summed E-state index contributed by atoms with van der Waals surface area (Å²) in [4.78, 5) is 4.82. The molecular formula is C12H17BrN2. The molecule has 0 atom stereocenters. The van der Waals surface area contributed by atoms with Crippen molar-refractivity contribution >= 4 is 21.6 Å². The Morgan fingerprint density at radius 3 is 2.40 bits per heavy atom. The Morgan fingerprint density at radius 2 is 1.80 bits per heavy atom. The van der Waals surface area contributed by atoms with Crippen LogP contribution in [-0.2, 0) is 0 Å². The van der Waals surface area contributed by atoms with E-state index in [0.29, 0.717) is 0 Å². The van der Waals surface area contributed by atoms with E-state index in [1.54, 1.807) is 0 Å². The van der Waals surface area contributed by atoms with E-state index in [2.05, 4.69) is 57.9 Å². The average Bonchev–Trinajstić information content (AvgIpc) is 2.20. The minimum atomic E-state index is 1.12. The molecule has 2 rings (SSSR count). The van der Waals surface area contributed by atoms with Crippen LogP contribution in [0.25, 0.3) is 0 Å². The summed E-state index contributed by atoms with van der Waals surface area (Å²) in [5.41, 5.74) is 2.63. The largest absolute Gasteiger partial charge is 0.368 e. The molecule has 0 N–H and O–H groups in total. The van der Waals surface area contributed by atoms with E-state index in [1.165, 1.54) is 15.7 Å². The van der Waals surface area contributed by atoms with Crippen molar-refractivity contribution < 1.29 is 0 Å². The van der Waals surface area contributed by atoms with Crippen molar-refractivity contribution in [2.75, 3.05) is 38.1 Å². The first-order valence-electron chi connectivity index (χ1n) is 5.36. The molecule has 1 aromatic carbocycles. The van der Waals surface area contributed by atoms with Crippen molar-refractivity contribution in [3.05, 3.63) is 28.2 Å². The fourth-order valence-electron chi connectivity index (χ4n) is 1.92. The highest BCUT2D eigenvalue weighted by atomic mass is 79.9. The first-order chi connectivity index (χ1) is 7.16. The van der Waals surface area contributed by atoms with E-state index in [0.717, 1.165) is 26.2 Å². The molecule has 3 heteroatoms. The van der Waals surface area contributed by atoms with Crippen LogP contribution in [-0.4, -0.2) is 38.1 Å². The van der Waals surface area contributed by atoms with Gasteiger partial charge in [0.1, 0.15) is 0 Å². The topological polar surface area (TPSA) is 6.48 Å². The molecule has 1 saturated heterocycles.